The molecule has 3 aromatic rings. The zero-order valence-corrected chi connectivity index (χ0v) is 14.0. The van der Waals surface area contributed by atoms with Gasteiger partial charge in [-0.2, -0.15) is 5.21 Å². The van der Waals surface area contributed by atoms with Crippen LogP contribution < -0.4 is 10.9 Å². The molecule has 1 aliphatic rings. The molecule has 132 valence electrons. The number of nitrogens with one attached hydrogen (secondary N) is 3. The highest BCUT2D eigenvalue weighted by Crippen LogP contribution is 2.48. The fraction of sp³-hybridized carbons (Fsp3) is 0.278. The molecule has 26 heavy (non-hydrogen) atoms. The maximum absolute atomic E-state index is 12.8. The van der Waals surface area contributed by atoms with E-state index in [-0.39, 0.29) is 11.5 Å². The third-order valence-electron chi connectivity index (χ3n) is 4.75. The average molecular weight is 350 g/mol. The van der Waals surface area contributed by atoms with Crippen molar-refractivity contribution in [3.05, 3.63) is 64.1 Å². The number of tetrazole rings is 1. The number of carbonyl (C=O) groups is 1. The Bertz CT molecular complexity index is 955. The average Bonchev–Trinajstić information content (AvgIpc) is 3.30. The number of rotatable bonds is 6. The fourth-order valence-electron chi connectivity index (χ4n) is 3.10. The van der Waals surface area contributed by atoms with E-state index in [1.54, 1.807) is 12.3 Å². The van der Waals surface area contributed by atoms with Crippen molar-refractivity contribution in [3.8, 4) is 11.4 Å². The Hall–Kier alpha value is -3.29. The van der Waals surface area contributed by atoms with Crippen molar-refractivity contribution in [1.29, 1.82) is 0 Å². The van der Waals surface area contributed by atoms with E-state index in [0.29, 0.717) is 18.8 Å². The van der Waals surface area contributed by atoms with Crippen LogP contribution in [0.2, 0.25) is 0 Å². The molecule has 1 aliphatic carbocycles. The highest BCUT2D eigenvalue weighted by molar-refractivity contribution is 5.91. The second-order valence-corrected chi connectivity index (χ2v) is 6.47. The maximum Gasteiger partial charge on any atom is 0.247 e. The number of pyridine rings is 1. The predicted octanol–water partition coefficient (Wildman–Crippen LogP) is 0.945. The lowest BCUT2D eigenvalue weighted by molar-refractivity contribution is -0.123. The van der Waals surface area contributed by atoms with Crippen molar-refractivity contribution in [2.75, 3.05) is 6.54 Å². The number of hydrogen-bond acceptors (Lipinski definition) is 5. The molecular weight excluding hydrogens is 332 g/mol. The molecular formula is C18H18N6O2. The summed E-state index contributed by atoms with van der Waals surface area (Å²) < 4.78 is 0. The van der Waals surface area contributed by atoms with Gasteiger partial charge < -0.3 is 10.3 Å². The predicted molar refractivity (Wildman–Crippen MR) is 94.3 cm³/mol. The highest BCUT2D eigenvalue weighted by atomic mass is 16.2. The first-order chi connectivity index (χ1) is 12.7. The van der Waals surface area contributed by atoms with Crippen LogP contribution in [0.15, 0.2) is 47.4 Å². The molecule has 4 rings (SSSR count). The molecule has 8 nitrogen and oxygen atoms in total. The molecule has 0 aliphatic heterocycles. The lowest BCUT2D eigenvalue weighted by Crippen LogP contribution is -2.36. The summed E-state index contributed by atoms with van der Waals surface area (Å²) in [6, 6.07) is 11.0. The van der Waals surface area contributed by atoms with Crippen molar-refractivity contribution in [2.45, 2.75) is 24.7 Å². The van der Waals surface area contributed by atoms with E-state index >= 15 is 0 Å². The number of aromatic amines is 2. The first-order valence-corrected chi connectivity index (χ1v) is 8.48. The second-order valence-electron chi connectivity index (χ2n) is 6.47. The molecule has 0 atom stereocenters. The van der Waals surface area contributed by atoms with Gasteiger partial charge in [0.25, 0.3) is 0 Å². The van der Waals surface area contributed by atoms with Crippen molar-refractivity contribution in [1.82, 2.24) is 30.9 Å². The summed E-state index contributed by atoms with van der Waals surface area (Å²) in [5.41, 5.74) is 2.19. The van der Waals surface area contributed by atoms with Crippen molar-refractivity contribution >= 4 is 5.91 Å². The molecule has 8 heteroatoms. The molecule has 3 N–H and O–H groups in total. The molecule has 1 amide bonds. The summed E-state index contributed by atoms with van der Waals surface area (Å²) in [5.74, 6) is 0.549. The first kappa shape index (κ1) is 16.2. The summed E-state index contributed by atoms with van der Waals surface area (Å²) in [4.78, 5) is 26.5. The Labute approximate surface area is 149 Å². The minimum atomic E-state index is -0.468. The van der Waals surface area contributed by atoms with E-state index in [1.807, 2.05) is 24.3 Å². The van der Waals surface area contributed by atoms with Gasteiger partial charge in [-0.3, -0.25) is 9.59 Å². The lowest BCUT2D eigenvalue weighted by Gasteiger charge is -2.16. The van der Waals surface area contributed by atoms with Gasteiger partial charge in [0, 0.05) is 24.4 Å². The van der Waals surface area contributed by atoms with E-state index in [4.69, 9.17) is 0 Å². The maximum atomic E-state index is 12.8. The Balaban J connectivity index is 1.43. The van der Waals surface area contributed by atoms with Crippen molar-refractivity contribution in [3.63, 3.8) is 0 Å². The number of H-pyrrole nitrogens is 2. The second kappa shape index (κ2) is 6.55. The Morgan fingerprint density at radius 2 is 2.12 bits per heavy atom. The van der Waals surface area contributed by atoms with Gasteiger partial charge in [0.1, 0.15) is 0 Å². The summed E-state index contributed by atoms with van der Waals surface area (Å²) in [5, 5.41) is 17.0. The van der Waals surface area contributed by atoms with E-state index in [0.717, 1.165) is 29.5 Å². The molecule has 1 aromatic carbocycles. The SMILES string of the molecule is O=C(NCCc1ccc(=O)[nH]c1)C1(c2cccc(-c3nn[nH]n3)c2)CC1. The number of amides is 1. The number of benzene rings is 1. The van der Waals surface area contributed by atoms with Crippen LogP contribution in [0.4, 0.5) is 0 Å². The number of hydrogen-bond donors (Lipinski definition) is 3. The van der Waals surface area contributed by atoms with Gasteiger partial charge in [0.05, 0.1) is 5.41 Å². The highest BCUT2D eigenvalue weighted by Gasteiger charge is 2.51. The molecule has 2 heterocycles. The van der Waals surface area contributed by atoms with Crippen LogP contribution in [-0.4, -0.2) is 38.1 Å². The van der Waals surface area contributed by atoms with Gasteiger partial charge in [0.2, 0.25) is 17.3 Å². The molecule has 1 saturated carbocycles. The van der Waals surface area contributed by atoms with Crippen LogP contribution in [0.1, 0.15) is 24.0 Å². The van der Waals surface area contributed by atoms with Crippen LogP contribution in [0.3, 0.4) is 0 Å². The number of carbonyl (C=O) groups excluding carboxylic acids is 1. The van der Waals surface area contributed by atoms with E-state index in [9.17, 15) is 9.59 Å². The lowest BCUT2D eigenvalue weighted by atomic mass is 9.93. The molecule has 0 saturated heterocycles. The van der Waals surface area contributed by atoms with Crippen LogP contribution >= 0.6 is 0 Å². The zero-order chi connectivity index (χ0) is 18.0. The normalized spacial score (nSPS) is 14.8. The molecule has 0 radical (unpaired) electrons. The fourth-order valence-corrected chi connectivity index (χ4v) is 3.10. The Kier molecular flexibility index (Phi) is 4.08. The van der Waals surface area contributed by atoms with Crippen LogP contribution in [0.25, 0.3) is 11.4 Å². The molecule has 0 spiro atoms. The van der Waals surface area contributed by atoms with Gasteiger partial charge in [-0.15, -0.1) is 10.2 Å². The summed E-state index contributed by atoms with van der Waals surface area (Å²) in [7, 11) is 0. The standard InChI is InChI=1S/C18H18N6O2/c25-15-5-4-12(11-20-15)6-9-19-17(26)18(7-8-18)14-3-1-2-13(10-14)16-21-23-24-22-16/h1-5,10-11H,6-9H2,(H,19,26)(H,20,25)(H,21,22,23,24). The summed E-state index contributed by atoms with van der Waals surface area (Å²) in [6.07, 6.45) is 4.00. The van der Waals surface area contributed by atoms with Crippen LogP contribution in [0.5, 0.6) is 0 Å². The molecule has 0 bridgehead atoms. The van der Waals surface area contributed by atoms with Crippen LogP contribution in [-0.2, 0) is 16.6 Å². The first-order valence-electron chi connectivity index (χ1n) is 8.48. The Morgan fingerprint density at radius 1 is 1.23 bits per heavy atom. The van der Waals surface area contributed by atoms with E-state index in [1.165, 1.54) is 6.07 Å². The molecule has 1 fully saturated rings. The number of nitrogens with zero attached hydrogens (tertiary/aromatic N) is 3. The molecule has 2 aromatic heterocycles. The van der Waals surface area contributed by atoms with Crippen LogP contribution in [0, 0.1) is 0 Å². The van der Waals surface area contributed by atoms with Gasteiger partial charge in [-0.25, -0.2) is 0 Å². The van der Waals surface area contributed by atoms with Crippen molar-refractivity contribution in [2.24, 2.45) is 0 Å². The third-order valence-corrected chi connectivity index (χ3v) is 4.75. The van der Waals surface area contributed by atoms with E-state index in [2.05, 4.69) is 30.9 Å². The third kappa shape index (κ3) is 3.13. The number of aromatic nitrogens is 5. The Morgan fingerprint density at radius 3 is 2.81 bits per heavy atom. The summed E-state index contributed by atoms with van der Waals surface area (Å²) >= 11 is 0. The van der Waals surface area contributed by atoms with E-state index < -0.39 is 5.41 Å². The zero-order valence-electron chi connectivity index (χ0n) is 14.0. The van der Waals surface area contributed by atoms with Gasteiger partial charge >= 0.3 is 0 Å². The topological polar surface area (TPSA) is 116 Å². The smallest absolute Gasteiger partial charge is 0.247 e. The van der Waals surface area contributed by atoms with Crippen molar-refractivity contribution < 1.29 is 4.79 Å². The quantitative estimate of drug-likeness (QED) is 0.612. The van der Waals surface area contributed by atoms with Gasteiger partial charge in [-0.1, -0.05) is 24.3 Å². The minimum absolute atomic E-state index is 0.0344. The summed E-state index contributed by atoms with van der Waals surface area (Å²) in [6.45, 7) is 0.525. The largest absolute Gasteiger partial charge is 0.355 e. The molecule has 0 unspecified atom stereocenters. The minimum Gasteiger partial charge on any atom is -0.355 e. The monoisotopic (exact) mass is 350 g/mol. The van der Waals surface area contributed by atoms with Gasteiger partial charge in [-0.05, 0) is 41.7 Å². The van der Waals surface area contributed by atoms with Gasteiger partial charge in [0.15, 0.2) is 0 Å².